The second-order valence-electron chi connectivity index (χ2n) is 17.8. The Labute approximate surface area is 348 Å². The number of para-hydroxylation sites is 4. The molecule has 8 aromatic carbocycles. The van der Waals surface area contributed by atoms with Gasteiger partial charge in [-0.05, 0) is 122 Å². The first-order valence-corrected chi connectivity index (χ1v) is 20.9. The minimum atomic E-state index is -0.182. The Kier molecular flexibility index (Phi) is 7.87. The van der Waals surface area contributed by atoms with Gasteiger partial charge in [-0.25, -0.2) is 0 Å². The van der Waals surface area contributed by atoms with Crippen molar-refractivity contribution >= 4 is 74.3 Å². The van der Waals surface area contributed by atoms with Crippen LogP contribution in [-0.2, 0) is 10.8 Å². The third kappa shape index (κ3) is 5.36. The maximum absolute atomic E-state index is 2.61. The monoisotopic (exact) mass is 759 g/mol. The highest BCUT2D eigenvalue weighted by Gasteiger charge is 2.46. The van der Waals surface area contributed by atoms with Crippen LogP contribution in [0.4, 0.5) is 51.2 Å². The summed E-state index contributed by atoms with van der Waals surface area (Å²) in [5.74, 6) is 0. The van der Waals surface area contributed by atoms with Crippen LogP contribution < -0.4 is 31.1 Å². The van der Waals surface area contributed by atoms with E-state index in [2.05, 4.69) is 237 Å². The second kappa shape index (κ2) is 13.1. The van der Waals surface area contributed by atoms with Gasteiger partial charge >= 0.3 is 0 Å². The molecular formula is C55H46BN3. The van der Waals surface area contributed by atoms with Crippen molar-refractivity contribution in [1.82, 2.24) is 0 Å². The molecule has 0 aromatic heterocycles. The van der Waals surface area contributed by atoms with Gasteiger partial charge in [0.2, 0.25) is 0 Å². The highest BCUT2D eigenvalue weighted by molar-refractivity contribution is 7.00. The molecule has 1 aliphatic carbocycles. The fourth-order valence-corrected chi connectivity index (χ4v) is 10.2. The van der Waals surface area contributed by atoms with E-state index in [-0.39, 0.29) is 17.5 Å². The maximum atomic E-state index is 2.61. The van der Waals surface area contributed by atoms with Crippen molar-refractivity contribution in [3.63, 3.8) is 0 Å². The Morgan fingerprint density at radius 1 is 0.458 bits per heavy atom. The van der Waals surface area contributed by atoms with E-state index >= 15 is 0 Å². The van der Waals surface area contributed by atoms with Gasteiger partial charge in [0.25, 0.3) is 6.71 Å². The van der Waals surface area contributed by atoms with E-state index in [0.29, 0.717) is 0 Å². The minimum Gasteiger partial charge on any atom is -0.311 e. The van der Waals surface area contributed by atoms with Crippen LogP contribution in [0.25, 0.3) is 11.1 Å². The van der Waals surface area contributed by atoms with Crippen molar-refractivity contribution in [2.24, 2.45) is 0 Å². The van der Waals surface area contributed by atoms with Gasteiger partial charge < -0.3 is 14.7 Å². The summed E-state index contributed by atoms with van der Waals surface area (Å²) in [5, 5.41) is 0. The number of rotatable bonds is 5. The molecule has 0 radical (unpaired) electrons. The molecule has 0 saturated heterocycles. The van der Waals surface area contributed by atoms with Gasteiger partial charge in [-0.2, -0.15) is 0 Å². The molecular weight excluding hydrogens is 713 g/mol. The van der Waals surface area contributed by atoms with E-state index in [0.717, 1.165) is 22.7 Å². The molecule has 3 nitrogen and oxygen atoms in total. The molecule has 0 amide bonds. The molecule has 4 heteroatoms. The number of nitrogens with zero attached hydrogens (tertiary/aromatic N) is 3. The molecule has 0 spiro atoms. The molecule has 0 unspecified atom stereocenters. The third-order valence-electron chi connectivity index (χ3n) is 12.9. The molecule has 11 rings (SSSR count). The van der Waals surface area contributed by atoms with Crippen molar-refractivity contribution in [2.75, 3.05) is 14.7 Å². The van der Waals surface area contributed by atoms with Gasteiger partial charge in [0.05, 0.1) is 5.69 Å². The van der Waals surface area contributed by atoms with Crippen LogP contribution in [0.15, 0.2) is 188 Å². The summed E-state index contributed by atoms with van der Waals surface area (Å²) in [5.41, 5.74) is 21.1. The Morgan fingerprint density at radius 2 is 1.02 bits per heavy atom. The van der Waals surface area contributed by atoms with E-state index in [4.69, 9.17) is 0 Å². The maximum Gasteiger partial charge on any atom is 0.252 e. The standard InChI is InChI=1S/C55H46BN3/c1-54(2,3)37-34-50-53-51(35-37)59(48-31-19-27-43-42-26-15-16-28-44(42)55(4,5)52(43)48)47-30-18-17-29-45(47)56(53)46-33-32-41(36-49(46)58(50)40-24-13-8-14-25-40)57(38-20-9-6-10-21-38)39-22-11-7-12-23-39/h6-36H,1-5H3. The number of hydrogen-bond donors (Lipinski definition) is 0. The smallest absolute Gasteiger partial charge is 0.252 e. The molecule has 2 aliphatic heterocycles. The number of hydrogen-bond acceptors (Lipinski definition) is 3. The van der Waals surface area contributed by atoms with Gasteiger partial charge in [-0.3, -0.25) is 0 Å². The van der Waals surface area contributed by atoms with Gasteiger partial charge in [0.15, 0.2) is 0 Å². The SMILES string of the molecule is CC(C)(C)c1cc2c3c(c1)N(c1cccc4c1C(C)(C)c1ccccc1-4)c1ccccc1B3c1ccc(N(c3ccccc3)c3ccccc3)cc1N2c1ccccc1. The van der Waals surface area contributed by atoms with Crippen LogP contribution in [0.2, 0.25) is 0 Å². The summed E-state index contributed by atoms with van der Waals surface area (Å²) in [6.07, 6.45) is 0. The second-order valence-corrected chi connectivity index (χ2v) is 17.8. The lowest BCUT2D eigenvalue weighted by atomic mass is 9.33. The van der Waals surface area contributed by atoms with Crippen molar-refractivity contribution < 1.29 is 0 Å². The van der Waals surface area contributed by atoms with E-state index in [1.807, 2.05) is 0 Å². The predicted octanol–water partition coefficient (Wildman–Crippen LogP) is 12.8. The summed E-state index contributed by atoms with van der Waals surface area (Å²) in [6.45, 7) is 11.9. The Hall–Kier alpha value is -6.78. The largest absolute Gasteiger partial charge is 0.311 e. The molecule has 59 heavy (non-hydrogen) atoms. The molecule has 2 heterocycles. The summed E-state index contributed by atoms with van der Waals surface area (Å²) in [4.78, 5) is 7.53. The molecule has 8 aromatic rings. The zero-order chi connectivity index (χ0) is 40.0. The van der Waals surface area contributed by atoms with Crippen LogP contribution in [-0.4, -0.2) is 6.71 Å². The Bertz CT molecular complexity index is 2870. The predicted molar refractivity (Wildman–Crippen MR) is 251 cm³/mol. The number of benzene rings is 8. The normalized spacial score (nSPS) is 14.2. The van der Waals surface area contributed by atoms with Crippen LogP contribution in [0.1, 0.15) is 51.3 Å². The number of fused-ring (bicyclic) bond motifs is 7. The minimum absolute atomic E-state index is 0.0225. The highest BCUT2D eigenvalue weighted by Crippen LogP contribution is 2.55. The van der Waals surface area contributed by atoms with Crippen LogP contribution in [0, 0.1) is 0 Å². The molecule has 0 bridgehead atoms. The van der Waals surface area contributed by atoms with E-state index in [1.165, 1.54) is 72.6 Å². The highest BCUT2D eigenvalue weighted by atomic mass is 15.2. The molecule has 0 N–H and O–H groups in total. The van der Waals surface area contributed by atoms with Crippen LogP contribution in [0.5, 0.6) is 0 Å². The van der Waals surface area contributed by atoms with E-state index < -0.39 is 0 Å². The van der Waals surface area contributed by atoms with Crippen molar-refractivity contribution in [1.29, 1.82) is 0 Å². The molecule has 0 atom stereocenters. The fraction of sp³-hybridized carbons (Fsp3) is 0.127. The third-order valence-corrected chi connectivity index (χ3v) is 12.9. The molecule has 0 fully saturated rings. The van der Waals surface area contributed by atoms with Gasteiger partial charge in [0, 0.05) is 50.9 Å². The lowest BCUT2D eigenvalue weighted by molar-refractivity contribution is 0.590. The van der Waals surface area contributed by atoms with Crippen molar-refractivity contribution in [3.05, 3.63) is 205 Å². The first kappa shape index (κ1) is 35.4. The average Bonchev–Trinajstić information content (AvgIpc) is 3.50. The van der Waals surface area contributed by atoms with Gasteiger partial charge in [-0.15, -0.1) is 0 Å². The average molecular weight is 760 g/mol. The van der Waals surface area contributed by atoms with Crippen LogP contribution in [0.3, 0.4) is 0 Å². The quantitative estimate of drug-likeness (QED) is 0.162. The zero-order valence-electron chi connectivity index (χ0n) is 34.3. The zero-order valence-corrected chi connectivity index (χ0v) is 34.3. The molecule has 0 saturated carbocycles. The Morgan fingerprint density at radius 3 is 1.71 bits per heavy atom. The van der Waals surface area contributed by atoms with Gasteiger partial charge in [0.1, 0.15) is 0 Å². The Balaban J connectivity index is 1.21. The van der Waals surface area contributed by atoms with E-state index in [1.54, 1.807) is 0 Å². The summed E-state index contributed by atoms with van der Waals surface area (Å²) < 4.78 is 0. The van der Waals surface area contributed by atoms with Crippen LogP contribution >= 0.6 is 0 Å². The fourth-order valence-electron chi connectivity index (χ4n) is 10.2. The lowest BCUT2D eigenvalue weighted by Gasteiger charge is -2.46. The first-order valence-electron chi connectivity index (χ1n) is 20.9. The van der Waals surface area contributed by atoms with Crippen molar-refractivity contribution in [3.8, 4) is 11.1 Å². The summed E-state index contributed by atoms with van der Waals surface area (Å²) in [7, 11) is 0. The molecule has 284 valence electrons. The topological polar surface area (TPSA) is 9.72 Å². The van der Waals surface area contributed by atoms with Gasteiger partial charge in [-0.1, -0.05) is 150 Å². The summed E-state index contributed by atoms with van der Waals surface area (Å²) in [6, 6.07) is 69.7. The van der Waals surface area contributed by atoms with E-state index in [9.17, 15) is 0 Å². The summed E-state index contributed by atoms with van der Waals surface area (Å²) >= 11 is 0. The lowest BCUT2D eigenvalue weighted by Crippen LogP contribution is -2.61. The van der Waals surface area contributed by atoms with Crippen molar-refractivity contribution in [2.45, 2.75) is 45.4 Å². The first-order chi connectivity index (χ1) is 28.7. The number of anilines is 9. The molecule has 3 aliphatic rings.